The smallest absolute Gasteiger partial charge is 0.0107 e. The van der Waals surface area contributed by atoms with Crippen LogP contribution in [0.5, 0.6) is 0 Å². The third-order valence-corrected chi connectivity index (χ3v) is 2.90. The molecule has 0 bridgehead atoms. The molecule has 0 aliphatic rings. The summed E-state index contributed by atoms with van der Waals surface area (Å²) in [4.78, 5) is 2.51. The summed E-state index contributed by atoms with van der Waals surface area (Å²) in [5.74, 6) is 0. The molecule has 0 saturated heterocycles. The minimum atomic E-state index is 0.685. The van der Waals surface area contributed by atoms with Crippen molar-refractivity contribution in [3.63, 3.8) is 0 Å². The van der Waals surface area contributed by atoms with Gasteiger partial charge in [-0.15, -0.1) is 0 Å². The Kier molecular flexibility index (Phi) is 10.4. The normalized spacial score (nSPS) is 13.4. The summed E-state index contributed by atoms with van der Waals surface area (Å²) >= 11 is 0. The molecule has 2 nitrogen and oxygen atoms in total. The van der Waals surface area contributed by atoms with E-state index in [0.717, 1.165) is 6.54 Å². The highest BCUT2D eigenvalue weighted by molar-refractivity contribution is 4.63. The average Bonchev–Trinajstić information content (AvgIpc) is 2.25. The molecule has 0 amide bonds. The Balaban J connectivity index is 3.41. The van der Waals surface area contributed by atoms with Gasteiger partial charge in [0, 0.05) is 19.1 Å². The third kappa shape index (κ3) is 8.88. The Morgan fingerprint density at radius 2 is 1.80 bits per heavy atom. The molecule has 0 fully saturated rings. The molecule has 0 aliphatic heterocycles. The molecule has 2 heteroatoms. The summed E-state index contributed by atoms with van der Waals surface area (Å²) in [5.41, 5.74) is 0. The highest BCUT2D eigenvalue weighted by atomic mass is 15.1. The van der Waals surface area contributed by atoms with E-state index in [1.165, 1.54) is 45.3 Å². The molecule has 0 radical (unpaired) electrons. The van der Waals surface area contributed by atoms with Gasteiger partial charge in [-0.25, -0.2) is 0 Å². The van der Waals surface area contributed by atoms with E-state index in [9.17, 15) is 0 Å². The van der Waals surface area contributed by atoms with E-state index in [0.29, 0.717) is 6.04 Å². The van der Waals surface area contributed by atoms with Crippen molar-refractivity contribution in [1.29, 1.82) is 0 Å². The molecule has 1 N–H and O–H groups in total. The zero-order valence-electron chi connectivity index (χ0n) is 11.2. The summed E-state index contributed by atoms with van der Waals surface area (Å²) in [7, 11) is 0. The Hall–Kier alpha value is -0.0800. The Morgan fingerprint density at radius 3 is 2.33 bits per heavy atom. The fourth-order valence-electron chi connectivity index (χ4n) is 1.83. The summed E-state index contributed by atoms with van der Waals surface area (Å²) in [6.07, 6.45) is 5.24. The van der Waals surface area contributed by atoms with Crippen molar-refractivity contribution in [2.24, 2.45) is 0 Å². The van der Waals surface area contributed by atoms with Crippen molar-refractivity contribution in [2.75, 3.05) is 26.2 Å². The molecule has 0 rings (SSSR count). The molecule has 0 aromatic rings. The number of rotatable bonds is 10. The van der Waals surface area contributed by atoms with Crippen LogP contribution in [0.15, 0.2) is 0 Å². The first-order chi connectivity index (χ1) is 7.24. The first-order valence-corrected chi connectivity index (χ1v) is 6.70. The molecule has 0 aliphatic carbocycles. The van der Waals surface area contributed by atoms with Gasteiger partial charge in [0.1, 0.15) is 0 Å². The van der Waals surface area contributed by atoms with Gasteiger partial charge >= 0.3 is 0 Å². The van der Waals surface area contributed by atoms with Crippen molar-refractivity contribution < 1.29 is 0 Å². The second-order valence-corrected chi connectivity index (χ2v) is 4.43. The number of nitrogens with zero attached hydrogens (tertiary/aromatic N) is 1. The van der Waals surface area contributed by atoms with Crippen LogP contribution in [-0.4, -0.2) is 37.1 Å². The molecule has 0 aromatic heterocycles. The summed E-state index contributed by atoms with van der Waals surface area (Å²) in [5, 5.41) is 3.60. The van der Waals surface area contributed by atoms with Gasteiger partial charge in [0.2, 0.25) is 0 Å². The van der Waals surface area contributed by atoms with E-state index in [4.69, 9.17) is 0 Å². The predicted molar refractivity (Wildman–Crippen MR) is 69.4 cm³/mol. The first kappa shape index (κ1) is 14.9. The highest BCUT2D eigenvalue weighted by Crippen LogP contribution is 1.99. The molecule has 0 saturated carbocycles. The monoisotopic (exact) mass is 214 g/mol. The van der Waals surface area contributed by atoms with Crippen molar-refractivity contribution >= 4 is 0 Å². The van der Waals surface area contributed by atoms with Crippen LogP contribution in [0.3, 0.4) is 0 Å². The number of hydrogen-bond acceptors (Lipinski definition) is 2. The van der Waals surface area contributed by atoms with Gasteiger partial charge in [-0.2, -0.15) is 0 Å². The van der Waals surface area contributed by atoms with Crippen LogP contribution in [0.4, 0.5) is 0 Å². The quantitative estimate of drug-likeness (QED) is 0.601. The van der Waals surface area contributed by atoms with Gasteiger partial charge in [-0.3, -0.25) is 0 Å². The maximum absolute atomic E-state index is 3.60. The lowest BCUT2D eigenvalue weighted by atomic mass is 10.1. The lowest BCUT2D eigenvalue weighted by molar-refractivity contribution is 0.282. The number of hydrogen-bond donors (Lipinski definition) is 1. The largest absolute Gasteiger partial charge is 0.313 e. The lowest BCUT2D eigenvalue weighted by Gasteiger charge is -2.21. The zero-order chi connectivity index (χ0) is 11.5. The zero-order valence-corrected chi connectivity index (χ0v) is 11.2. The molecular weight excluding hydrogens is 184 g/mol. The third-order valence-electron chi connectivity index (χ3n) is 2.90. The molecule has 15 heavy (non-hydrogen) atoms. The topological polar surface area (TPSA) is 15.3 Å². The van der Waals surface area contributed by atoms with Gasteiger partial charge in [0.05, 0.1) is 0 Å². The van der Waals surface area contributed by atoms with Gasteiger partial charge in [0.25, 0.3) is 0 Å². The average molecular weight is 214 g/mol. The maximum atomic E-state index is 3.60. The summed E-state index contributed by atoms with van der Waals surface area (Å²) in [6.45, 7) is 13.8. The fraction of sp³-hybridized carbons (Fsp3) is 1.00. The number of nitrogens with one attached hydrogen (secondary N) is 1. The molecule has 0 heterocycles. The van der Waals surface area contributed by atoms with E-state index in [2.05, 4.69) is 37.9 Å². The van der Waals surface area contributed by atoms with Crippen LogP contribution in [0, 0.1) is 0 Å². The SMILES string of the molecule is CCCCC(C)NCCN(CC)CCC. The standard InChI is InChI=1S/C13H30N2/c1-5-8-9-13(4)14-10-12-15(7-3)11-6-2/h13-14H,5-12H2,1-4H3. The van der Waals surface area contributed by atoms with Gasteiger partial charge < -0.3 is 10.2 Å². The first-order valence-electron chi connectivity index (χ1n) is 6.70. The van der Waals surface area contributed by atoms with Crippen LogP contribution in [-0.2, 0) is 0 Å². The van der Waals surface area contributed by atoms with Crippen molar-refractivity contribution in [2.45, 2.75) is 59.4 Å². The molecule has 1 atom stereocenters. The predicted octanol–water partition coefficient (Wildman–Crippen LogP) is 2.89. The molecule has 92 valence electrons. The van der Waals surface area contributed by atoms with E-state index < -0.39 is 0 Å². The minimum absolute atomic E-state index is 0.685. The van der Waals surface area contributed by atoms with Crippen LogP contribution < -0.4 is 5.32 Å². The van der Waals surface area contributed by atoms with Crippen molar-refractivity contribution in [3.8, 4) is 0 Å². The Bertz CT molecular complexity index is 126. The minimum Gasteiger partial charge on any atom is -0.313 e. The van der Waals surface area contributed by atoms with Crippen LogP contribution >= 0.6 is 0 Å². The fourth-order valence-corrected chi connectivity index (χ4v) is 1.83. The number of likely N-dealkylation sites (N-methyl/N-ethyl adjacent to an activating group) is 1. The number of unbranched alkanes of at least 4 members (excludes halogenated alkanes) is 1. The second kappa shape index (κ2) is 10.4. The van der Waals surface area contributed by atoms with Gasteiger partial charge in [-0.05, 0) is 32.9 Å². The summed E-state index contributed by atoms with van der Waals surface area (Å²) < 4.78 is 0. The molecular formula is C13H30N2. The van der Waals surface area contributed by atoms with Gasteiger partial charge in [-0.1, -0.05) is 33.6 Å². The molecule has 1 unspecified atom stereocenters. The molecule has 0 aromatic carbocycles. The second-order valence-electron chi connectivity index (χ2n) is 4.43. The van der Waals surface area contributed by atoms with Crippen LogP contribution in [0.2, 0.25) is 0 Å². The van der Waals surface area contributed by atoms with E-state index in [1.807, 2.05) is 0 Å². The van der Waals surface area contributed by atoms with Crippen molar-refractivity contribution in [3.05, 3.63) is 0 Å². The van der Waals surface area contributed by atoms with Gasteiger partial charge in [0.15, 0.2) is 0 Å². The lowest BCUT2D eigenvalue weighted by Crippen LogP contribution is -2.36. The Morgan fingerprint density at radius 1 is 1.07 bits per heavy atom. The Labute approximate surface area is 96.4 Å². The highest BCUT2D eigenvalue weighted by Gasteiger charge is 2.02. The molecule has 0 spiro atoms. The van der Waals surface area contributed by atoms with Crippen LogP contribution in [0.25, 0.3) is 0 Å². The van der Waals surface area contributed by atoms with E-state index >= 15 is 0 Å². The maximum Gasteiger partial charge on any atom is 0.0107 e. The van der Waals surface area contributed by atoms with Crippen LogP contribution in [0.1, 0.15) is 53.4 Å². The van der Waals surface area contributed by atoms with Crippen molar-refractivity contribution in [1.82, 2.24) is 10.2 Å². The van der Waals surface area contributed by atoms with E-state index in [-0.39, 0.29) is 0 Å². The summed E-state index contributed by atoms with van der Waals surface area (Å²) in [6, 6.07) is 0.685. The van der Waals surface area contributed by atoms with E-state index in [1.54, 1.807) is 0 Å².